The van der Waals surface area contributed by atoms with Crippen LogP contribution in [-0.4, -0.2) is 44.2 Å². The summed E-state index contributed by atoms with van der Waals surface area (Å²) in [6, 6.07) is 8.40. The third-order valence-corrected chi connectivity index (χ3v) is 5.37. The van der Waals surface area contributed by atoms with Crippen LogP contribution < -0.4 is 20.5 Å². The predicted molar refractivity (Wildman–Crippen MR) is 106 cm³/mol. The van der Waals surface area contributed by atoms with E-state index in [0.717, 1.165) is 17.4 Å². The monoisotopic (exact) mass is 426 g/mol. The van der Waals surface area contributed by atoms with Gasteiger partial charge in [0.15, 0.2) is 0 Å². The maximum atomic E-state index is 14.1. The van der Waals surface area contributed by atoms with E-state index in [0.29, 0.717) is 17.3 Å². The fraction of sp³-hybridized carbons (Fsp3) is 0.421. The van der Waals surface area contributed by atoms with E-state index in [1.165, 1.54) is 0 Å². The van der Waals surface area contributed by atoms with Gasteiger partial charge in [0.2, 0.25) is 15.9 Å². The Labute approximate surface area is 168 Å². The largest absolute Gasteiger partial charge is 0.439 e. The molecule has 0 aliphatic carbocycles. The molecule has 2 aromatic rings. The minimum absolute atomic E-state index is 0.204. The molecular formula is C19H24F2N4O3S. The number of rotatable bonds is 7. The lowest BCUT2D eigenvalue weighted by Crippen LogP contribution is -2.51. The molecule has 10 heteroatoms. The number of nitrogens with one attached hydrogen (secondary N) is 2. The second-order valence-corrected chi connectivity index (χ2v) is 8.98. The first-order valence-corrected chi connectivity index (χ1v) is 11.0. The number of nitrogens with two attached hydrogens (primary N) is 1. The molecule has 2 heterocycles. The maximum absolute atomic E-state index is 14.1. The molecule has 0 amide bonds. The zero-order valence-electron chi connectivity index (χ0n) is 16.2. The molecule has 1 aliphatic rings. The van der Waals surface area contributed by atoms with Crippen molar-refractivity contribution in [3.05, 3.63) is 53.2 Å². The number of ether oxygens (including phenoxy) is 1. The van der Waals surface area contributed by atoms with E-state index in [1.807, 2.05) is 19.1 Å². The van der Waals surface area contributed by atoms with Gasteiger partial charge in [-0.2, -0.15) is 0 Å². The SMILES string of the molecule is Cc1ccc(CN)nc1Oc1cccc(C[C@@H]2NCC(F)(F)[C@@H]2NS(C)(=O)=O)c1. The second kappa shape index (κ2) is 8.31. The van der Waals surface area contributed by atoms with Crippen LogP contribution in [-0.2, 0) is 23.0 Å². The van der Waals surface area contributed by atoms with Crippen molar-refractivity contribution in [3.63, 3.8) is 0 Å². The van der Waals surface area contributed by atoms with Crippen LogP contribution in [0, 0.1) is 6.92 Å². The lowest BCUT2D eigenvalue weighted by molar-refractivity contribution is -0.000808. The van der Waals surface area contributed by atoms with E-state index < -0.39 is 34.6 Å². The normalized spacial score (nSPS) is 21.3. The van der Waals surface area contributed by atoms with Crippen molar-refractivity contribution in [1.82, 2.24) is 15.0 Å². The number of aromatic nitrogens is 1. The molecule has 4 N–H and O–H groups in total. The highest BCUT2D eigenvalue weighted by molar-refractivity contribution is 7.88. The quantitative estimate of drug-likeness (QED) is 0.622. The number of aryl methyl sites for hydroxylation is 1. The Balaban J connectivity index is 1.78. The molecule has 3 rings (SSSR count). The summed E-state index contributed by atoms with van der Waals surface area (Å²) in [5, 5.41) is 2.72. The van der Waals surface area contributed by atoms with E-state index in [-0.39, 0.29) is 13.0 Å². The van der Waals surface area contributed by atoms with Crippen LogP contribution in [0.3, 0.4) is 0 Å². The van der Waals surface area contributed by atoms with Crippen LogP contribution in [0.4, 0.5) is 8.78 Å². The van der Waals surface area contributed by atoms with Crippen molar-refractivity contribution in [3.8, 4) is 11.6 Å². The Hall–Kier alpha value is -2.14. The van der Waals surface area contributed by atoms with Gasteiger partial charge in [-0.3, -0.25) is 0 Å². The molecule has 0 unspecified atom stereocenters. The van der Waals surface area contributed by atoms with Gasteiger partial charge in [0.25, 0.3) is 5.92 Å². The number of alkyl halides is 2. The third-order valence-electron chi connectivity index (χ3n) is 4.68. The molecule has 0 radical (unpaired) electrons. The molecule has 1 aliphatic heterocycles. The highest BCUT2D eigenvalue weighted by Gasteiger charge is 2.51. The first kappa shape index (κ1) is 21.6. The first-order valence-electron chi connectivity index (χ1n) is 9.09. The molecule has 0 spiro atoms. The third kappa shape index (κ3) is 5.47. The molecule has 1 aromatic heterocycles. The average molecular weight is 426 g/mol. The average Bonchev–Trinajstić information content (AvgIpc) is 2.90. The van der Waals surface area contributed by atoms with Crippen LogP contribution in [0.2, 0.25) is 0 Å². The molecule has 0 bridgehead atoms. The number of sulfonamides is 1. The van der Waals surface area contributed by atoms with Gasteiger partial charge in [-0.15, -0.1) is 0 Å². The first-order chi connectivity index (χ1) is 13.6. The Morgan fingerprint density at radius 1 is 1.34 bits per heavy atom. The fourth-order valence-corrected chi connectivity index (χ4v) is 4.04. The van der Waals surface area contributed by atoms with Crippen molar-refractivity contribution in [2.75, 3.05) is 12.8 Å². The van der Waals surface area contributed by atoms with Crippen molar-refractivity contribution >= 4 is 10.0 Å². The van der Waals surface area contributed by atoms with E-state index in [9.17, 15) is 17.2 Å². The predicted octanol–water partition coefficient (Wildman–Crippen LogP) is 1.71. The molecule has 1 aromatic carbocycles. The summed E-state index contributed by atoms with van der Waals surface area (Å²) in [6.45, 7) is 1.56. The van der Waals surface area contributed by atoms with E-state index in [2.05, 4.69) is 15.0 Å². The van der Waals surface area contributed by atoms with Crippen LogP contribution >= 0.6 is 0 Å². The standard InChI is InChI=1S/C19H24F2N4O3S/c1-12-6-7-14(10-22)24-18(12)28-15-5-3-4-13(8-15)9-16-17(25-29(2,26)27)19(20,21)11-23-16/h3-8,16-17,23,25H,9-11,22H2,1-2H3/t16-,17+/m0/s1. The van der Waals surface area contributed by atoms with Gasteiger partial charge in [0, 0.05) is 18.2 Å². The van der Waals surface area contributed by atoms with E-state index >= 15 is 0 Å². The van der Waals surface area contributed by atoms with E-state index in [1.54, 1.807) is 24.3 Å². The zero-order valence-corrected chi connectivity index (χ0v) is 17.0. The summed E-state index contributed by atoms with van der Waals surface area (Å²) in [5.74, 6) is -2.25. The molecular weight excluding hydrogens is 402 g/mol. The Bertz CT molecular complexity index is 985. The maximum Gasteiger partial charge on any atom is 0.277 e. The fourth-order valence-electron chi connectivity index (χ4n) is 3.25. The summed E-state index contributed by atoms with van der Waals surface area (Å²) in [7, 11) is -3.78. The van der Waals surface area contributed by atoms with Gasteiger partial charge in [-0.25, -0.2) is 26.9 Å². The Kier molecular flexibility index (Phi) is 6.18. The Morgan fingerprint density at radius 2 is 2.10 bits per heavy atom. The summed E-state index contributed by atoms with van der Waals surface area (Å²) >= 11 is 0. The molecule has 1 saturated heterocycles. The minimum Gasteiger partial charge on any atom is -0.439 e. The molecule has 7 nitrogen and oxygen atoms in total. The molecule has 1 fully saturated rings. The van der Waals surface area contributed by atoms with Gasteiger partial charge >= 0.3 is 0 Å². The van der Waals surface area contributed by atoms with Crippen LogP contribution in [0.25, 0.3) is 0 Å². The summed E-state index contributed by atoms with van der Waals surface area (Å²) in [5.41, 5.74) is 7.87. The number of halogens is 2. The van der Waals surface area contributed by atoms with Crippen LogP contribution in [0.5, 0.6) is 11.6 Å². The van der Waals surface area contributed by atoms with Crippen molar-refractivity contribution in [2.45, 2.75) is 37.9 Å². The lowest BCUT2D eigenvalue weighted by atomic mass is 10.00. The second-order valence-electron chi connectivity index (χ2n) is 7.20. The van der Waals surface area contributed by atoms with Gasteiger partial charge in [-0.05, 0) is 37.1 Å². The van der Waals surface area contributed by atoms with Gasteiger partial charge in [0.1, 0.15) is 11.8 Å². The van der Waals surface area contributed by atoms with Crippen molar-refractivity contribution in [1.29, 1.82) is 0 Å². The number of hydrogen-bond acceptors (Lipinski definition) is 6. The highest BCUT2D eigenvalue weighted by atomic mass is 32.2. The van der Waals surface area contributed by atoms with Gasteiger partial charge in [0.05, 0.1) is 18.5 Å². The number of nitrogens with zero attached hydrogens (tertiary/aromatic N) is 1. The van der Waals surface area contributed by atoms with Gasteiger partial charge < -0.3 is 15.8 Å². The zero-order chi connectivity index (χ0) is 21.2. The molecule has 2 atom stereocenters. The van der Waals surface area contributed by atoms with Crippen molar-refractivity contribution in [2.24, 2.45) is 5.73 Å². The number of hydrogen-bond donors (Lipinski definition) is 3. The van der Waals surface area contributed by atoms with Crippen LogP contribution in [0.1, 0.15) is 16.8 Å². The smallest absolute Gasteiger partial charge is 0.277 e. The van der Waals surface area contributed by atoms with Crippen LogP contribution in [0.15, 0.2) is 36.4 Å². The van der Waals surface area contributed by atoms with E-state index in [4.69, 9.17) is 10.5 Å². The number of benzene rings is 1. The lowest BCUT2D eigenvalue weighted by Gasteiger charge is -2.24. The topological polar surface area (TPSA) is 106 Å². The van der Waals surface area contributed by atoms with Gasteiger partial charge in [-0.1, -0.05) is 18.2 Å². The molecule has 29 heavy (non-hydrogen) atoms. The molecule has 0 saturated carbocycles. The number of pyridine rings is 1. The highest BCUT2D eigenvalue weighted by Crippen LogP contribution is 2.30. The molecule has 158 valence electrons. The summed E-state index contributed by atoms with van der Waals surface area (Å²) in [6.07, 6.45) is 1.08. The van der Waals surface area contributed by atoms with Crippen molar-refractivity contribution < 1.29 is 21.9 Å². The minimum atomic E-state index is -3.78. The Morgan fingerprint density at radius 3 is 2.79 bits per heavy atom. The summed E-state index contributed by atoms with van der Waals surface area (Å²) < 4.78 is 59.2. The summed E-state index contributed by atoms with van der Waals surface area (Å²) in [4.78, 5) is 4.35.